The van der Waals surface area contributed by atoms with Gasteiger partial charge in [0.05, 0.1) is 12.4 Å². The molecular weight excluding hydrogens is 206 g/mol. The Morgan fingerprint density at radius 3 is 3.00 bits per heavy atom. The van der Waals surface area contributed by atoms with Gasteiger partial charge in [0.15, 0.2) is 11.5 Å². The van der Waals surface area contributed by atoms with Crippen molar-refractivity contribution in [3.8, 4) is 0 Å². The van der Waals surface area contributed by atoms with E-state index in [1.807, 2.05) is 0 Å². The molecule has 1 aliphatic rings. The van der Waals surface area contributed by atoms with Crippen LogP contribution in [-0.2, 0) is 0 Å². The molecule has 1 fully saturated rings. The number of tetrazole rings is 1. The molecule has 2 N–H and O–H groups in total. The summed E-state index contributed by atoms with van der Waals surface area (Å²) >= 11 is 0. The van der Waals surface area contributed by atoms with Crippen LogP contribution in [0, 0.1) is 5.92 Å². The van der Waals surface area contributed by atoms with Crippen LogP contribution in [0.25, 0.3) is 5.65 Å². The van der Waals surface area contributed by atoms with E-state index in [0.29, 0.717) is 11.6 Å². The van der Waals surface area contributed by atoms with Crippen molar-refractivity contribution in [3.63, 3.8) is 0 Å². The topological polar surface area (TPSA) is 85.2 Å². The van der Waals surface area contributed by atoms with Gasteiger partial charge < -0.3 is 10.6 Å². The van der Waals surface area contributed by atoms with Crippen LogP contribution in [0.15, 0.2) is 12.4 Å². The first kappa shape index (κ1) is 9.46. The molecular formula is C9H13N7. The minimum absolute atomic E-state index is 0.201. The Labute approximate surface area is 92.3 Å². The van der Waals surface area contributed by atoms with Crippen LogP contribution < -0.4 is 10.6 Å². The van der Waals surface area contributed by atoms with Crippen LogP contribution in [0.1, 0.15) is 6.92 Å². The van der Waals surface area contributed by atoms with Crippen molar-refractivity contribution in [3.05, 3.63) is 12.4 Å². The summed E-state index contributed by atoms with van der Waals surface area (Å²) in [5.41, 5.74) is 6.66. The average molecular weight is 219 g/mol. The summed E-state index contributed by atoms with van der Waals surface area (Å²) in [6.45, 7) is 3.89. The molecule has 0 amide bonds. The summed E-state index contributed by atoms with van der Waals surface area (Å²) < 4.78 is 1.69. The standard InChI is InChI=1S/C9H13N7/c1-6-4-15(5-7(6)10)9-3-11-2-8-12-13-14-16(8)9/h2-3,6-7H,4-5,10H2,1H3. The van der Waals surface area contributed by atoms with Gasteiger partial charge >= 0.3 is 0 Å². The van der Waals surface area contributed by atoms with Gasteiger partial charge in [-0.1, -0.05) is 6.92 Å². The first-order valence-corrected chi connectivity index (χ1v) is 5.28. The molecule has 0 aromatic carbocycles. The molecule has 2 aromatic rings. The predicted molar refractivity (Wildman–Crippen MR) is 57.9 cm³/mol. The van der Waals surface area contributed by atoms with Crippen molar-refractivity contribution in [2.75, 3.05) is 18.0 Å². The summed E-state index contributed by atoms with van der Waals surface area (Å²) in [7, 11) is 0. The average Bonchev–Trinajstić information content (AvgIpc) is 2.85. The number of fused-ring (bicyclic) bond motifs is 1. The van der Waals surface area contributed by atoms with E-state index in [1.54, 1.807) is 16.9 Å². The van der Waals surface area contributed by atoms with Gasteiger partial charge in [0.2, 0.25) is 0 Å². The minimum atomic E-state index is 0.201. The van der Waals surface area contributed by atoms with E-state index < -0.39 is 0 Å². The number of hydrogen-bond acceptors (Lipinski definition) is 6. The third-order valence-corrected chi connectivity index (χ3v) is 3.09. The molecule has 2 unspecified atom stereocenters. The second kappa shape index (κ2) is 3.38. The third-order valence-electron chi connectivity index (χ3n) is 3.09. The first-order chi connectivity index (χ1) is 7.75. The van der Waals surface area contributed by atoms with Gasteiger partial charge in [0.25, 0.3) is 0 Å². The summed E-state index contributed by atoms with van der Waals surface area (Å²) in [6.07, 6.45) is 3.41. The Bertz CT molecular complexity index is 497. The second-order valence-corrected chi connectivity index (χ2v) is 4.26. The van der Waals surface area contributed by atoms with Crippen LogP contribution in [0.3, 0.4) is 0 Å². The highest BCUT2D eigenvalue weighted by Gasteiger charge is 2.28. The zero-order valence-corrected chi connectivity index (χ0v) is 8.98. The van der Waals surface area contributed by atoms with E-state index in [-0.39, 0.29) is 6.04 Å². The molecule has 7 heteroatoms. The van der Waals surface area contributed by atoms with Crippen LogP contribution in [0.2, 0.25) is 0 Å². The Morgan fingerprint density at radius 2 is 2.25 bits per heavy atom. The van der Waals surface area contributed by atoms with Gasteiger partial charge in [-0.2, -0.15) is 4.52 Å². The fourth-order valence-electron chi connectivity index (χ4n) is 2.06. The molecule has 2 aromatic heterocycles. The smallest absolute Gasteiger partial charge is 0.199 e. The molecule has 84 valence electrons. The molecule has 1 aliphatic heterocycles. The van der Waals surface area contributed by atoms with E-state index >= 15 is 0 Å². The van der Waals surface area contributed by atoms with Gasteiger partial charge in [-0.3, -0.25) is 4.98 Å². The molecule has 0 bridgehead atoms. The maximum absolute atomic E-state index is 6.00. The number of rotatable bonds is 1. The molecule has 1 saturated heterocycles. The van der Waals surface area contributed by atoms with Crippen LogP contribution in [0.4, 0.5) is 5.82 Å². The monoisotopic (exact) mass is 219 g/mol. The van der Waals surface area contributed by atoms with Gasteiger partial charge in [0.1, 0.15) is 0 Å². The molecule has 0 aliphatic carbocycles. The quantitative estimate of drug-likeness (QED) is 0.682. The SMILES string of the molecule is CC1CN(c2cncc3nnnn23)CC1N. The van der Waals surface area contributed by atoms with Crippen molar-refractivity contribution >= 4 is 11.5 Å². The van der Waals surface area contributed by atoms with Crippen molar-refractivity contribution in [1.29, 1.82) is 0 Å². The molecule has 3 rings (SSSR count). The van der Waals surface area contributed by atoms with E-state index in [2.05, 4.69) is 32.3 Å². The summed E-state index contributed by atoms with van der Waals surface area (Å²) in [5.74, 6) is 1.38. The van der Waals surface area contributed by atoms with E-state index in [4.69, 9.17) is 5.73 Å². The van der Waals surface area contributed by atoms with Crippen LogP contribution in [0.5, 0.6) is 0 Å². The van der Waals surface area contributed by atoms with E-state index in [9.17, 15) is 0 Å². The molecule has 3 heterocycles. The fraction of sp³-hybridized carbons (Fsp3) is 0.556. The molecule has 7 nitrogen and oxygen atoms in total. The van der Waals surface area contributed by atoms with Gasteiger partial charge in [-0.15, -0.1) is 5.10 Å². The van der Waals surface area contributed by atoms with E-state index in [1.165, 1.54) is 0 Å². The highest BCUT2D eigenvalue weighted by atomic mass is 15.5. The number of nitrogens with zero attached hydrogens (tertiary/aromatic N) is 6. The lowest BCUT2D eigenvalue weighted by Gasteiger charge is -2.17. The van der Waals surface area contributed by atoms with Gasteiger partial charge in [0, 0.05) is 19.1 Å². The van der Waals surface area contributed by atoms with Crippen LogP contribution in [-0.4, -0.2) is 44.2 Å². The summed E-state index contributed by atoms with van der Waals surface area (Å²) in [5, 5.41) is 11.5. The lowest BCUT2D eigenvalue weighted by molar-refractivity contribution is 0.565. The maximum atomic E-state index is 6.00. The first-order valence-electron chi connectivity index (χ1n) is 5.28. The molecule has 2 atom stereocenters. The van der Waals surface area contributed by atoms with Crippen molar-refractivity contribution in [2.24, 2.45) is 11.7 Å². The molecule has 0 saturated carbocycles. The number of anilines is 1. The highest BCUT2D eigenvalue weighted by molar-refractivity contribution is 5.47. The molecule has 16 heavy (non-hydrogen) atoms. The third kappa shape index (κ3) is 1.32. The number of hydrogen-bond donors (Lipinski definition) is 1. The fourth-order valence-corrected chi connectivity index (χ4v) is 2.06. The molecule has 0 radical (unpaired) electrons. The second-order valence-electron chi connectivity index (χ2n) is 4.26. The van der Waals surface area contributed by atoms with Gasteiger partial charge in [-0.25, -0.2) is 0 Å². The Morgan fingerprint density at radius 1 is 1.38 bits per heavy atom. The normalized spacial score (nSPS) is 25.5. The predicted octanol–water partition coefficient (Wildman–Crippen LogP) is -0.697. The molecule has 0 spiro atoms. The lowest BCUT2D eigenvalue weighted by Crippen LogP contribution is -2.29. The van der Waals surface area contributed by atoms with Crippen molar-refractivity contribution in [2.45, 2.75) is 13.0 Å². The zero-order chi connectivity index (χ0) is 11.1. The van der Waals surface area contributed by atoms with E-state index in [0.717, 1.165) is 18.9 Å². The Balaban J connectivity index is 2.03. The Hall–Kier alpha value is -1.76. The largest absolute Gasteiger partial charge is 0.353 e. The number of nitrogens with two attached hydrogens (primary N) is 1. The maximum Gasteiger partial charge on any atom is 0.199 e. The summed E-state index contributed by atoms with van der Waals surface area (Å²) in [4.78, 5) is 6.31. The minimum Gasteiger partial charge on any atom is -0.353 e. The highest BCUT2D eigenvalue weighted by Crippen LogP contribution is 2.21. The van der Waals surface area contributed by atoms with Crippen molar-refractivity contribution in [1.82, 2.24) is 25.0 Å². The lowest BCUT2D eigenvalue weighted by atomic mass is 10.1. The summed E-state index contributed by atoms with van der Waals surface area (Å²) in [6, 6.07) is 0.201. The van der Waals surface area contributed by atoms with Gasteiger partial charge in [-0.05, 0) is 16.3 Å². The number of aromatic nitrogens is 5. The van der Waals surface area contributed by atoms with Crippen molar-refractivity contribution < 1.29 is 0 Å². The van der Waals surface area contributed by atoms with Crippen LogP contribution >= 0.6 is 0 Å². The zero-order valence-electron chi connectivity index (χ0n) is 8.98. The Kier molecular flexibility index (Phi) is 2.00.